The van der Waals surface area contributed by atoms with Crippen molar-refractivity contribution in [2.45, 2.75) is 25.8 Å². The van der Waals surface area contributed by atoms with Crippen LogP contribution in [-0.4, -0.2) is 28.9 Å². The van der Waals surface area contributed by atoms with E-state index in [0.29, 0.717) is 5.56 Å². The molecule has 4 rings (SSSR count). The van der Waals surface area contributed by atoms with Crippen LogP contribution in [-0.2, 0) is 6.54 Å². The Balaban J connectivity index is 1.58. The van der Waals surface area contributed by atoms with Crippen LogP contribution in [0, 0.1) is 0 Å². The average Bonchev–Trinajstić information content (AvgIpc) is 2.79. The molecule has 0 atom stereocenters. The molecule has 2 aromatic carbocycles. The molecule has 1 aliphatic rings. The number of aromatic nitrogens is 1. The lowest BCUT2D eigenvalue weighted by Crippen LogP contribution is -2.35. The van der Waals surface area contributed by atoms with Crippen molar-refractivity contribution < 1.29 is 4.79 Å². The maximum absolute atomic E-state index is 12.7. The molecule has 1 fully saturated rings. The topological polar surface area (TPSA) is 36.4 Å². The van der Waals surface area contributed by atoms with Gasteiger partial charge in [-0.15, -0.1) is 0 Å². The number of piperidine rings is 1. The van der Waals surface area contributed by atoms with Gasteiger partial charge in [0.05, 0.1) is 5.56 Å². The molecule has 0 unspecified atom stereocenters. The average molecular weight is 371 g/mol. The molecule has 1 aromatic heterocycles. The summed E-state index contributed by atoms with van der Waals surface area (Å²) < 4.78 is 0. The van der Waals surface area contributed by atoms with Crippen molar-refractivity contribution in [3.8, 4) is 0 Å². The molecule has 0 radical (unpaired) electrons. The second-order valence-electron chi connectivity index (χ2n) is 7.17. The highest BCUT2D eigenvalue weighted by molar-refractivity contribution is 5.94. The lowest BCUT2D eigenvalue weighted by Gasteiger charge is -2.27. The number of likely N-dealkylation sites (tertiary alicyclic amines) is 1. The molecule has 4 nitrogen and oxygen atoms in total. The fourth-order valence-electron chi connectivity index (χ4n) is 3.63. The number of nitrogens with zero attached hydrogens (tertiary/aromatic N) is 3. The van der Waals surface area contributed by atoms with Crippen LogP contribution in [0.5, 0.6) is 0 Å². The van der Waals surface area contributed by atoms with Crippen LogP contribution in [0.4, 0.5) is 11.5 Å². The molecular formula is C24H25N3O. The molecule has 1 amide bonds. The number of carbonyl (C=O) groups excluding carboxylic acids is 1. The van der Waals surface area contributed by atoms with E-state index in [0.717, 1.165) is 44.0 Å². The summed E-state index contributed by atoms with van der Waals surface area (Å²) in [4.78, 5) is 21.5. The van der Waals surface area contributed by atoms with Crippen molar-refractivity contribution in [2.75, 3.05) is 18.0 Å². The number of pyridine rings is 1. The highest BCUT2D eigenvalue weighted by atomic mass is 16.2. The first-order valence-corrected chi connectivity index (χ1v) is 9.93. The molecule has 28 heavy (non-hydrogen) atoms. The summed E-state index contributed by atoms with van der Waals surface area (Å²) in [5.41, 5.74) is 2.95. The zero-order valence-electron chi connectivity index (χ0n) is 16.0. The van der Waals surface area contributed by atoms with Gasteiger partial charge in [0.2, 0.25) is 0 Å². The second-order valence-corrected chi connectivity index (χ2v) is 7.17. The van der Waals surface area contributed by atoms with Gasteiger partial charge in [0, 0.05) is 31.5 Å². The monoisotopic (exact) mass is 371 g/mol. The Bertz CT molecular complexity index is 888. The smallest absolute Gasteiger partial charge is 0.255 e. The van der Waals surface area contributed by atoms with E-state index in [1.54, 1.807) is 6.20 Å². The lowest BCUT2D eigenvalue weighted by atomic mass is 10.1. The van der Waals surface area contributed by atoms with Crippen LogP contribution < -0.4 is 4.90 Å². The summed E-state index contributed by atoms with van der Waals surface area (Å²) in [7, 11) is 0. The van der Waals surface area contributed by atoms with Crippen molar-refractivity contribution in [2.24, 2.45) is 0 Å². The first kappa shape index (κ1) is 18.2. The Morgan fingerprint density at radius 3 is 2.18 bits per heavy atom. The van der Waals surface area contributed by atoms with Gasteiger partial charge in [-0.2, -0.15) is 0 Å². The minimum atomic E-state index is 0.0908. The van der Waals surface area contributed by atoms with Gasteiger partial charge in [0.25, 0.3) is 5.91 Å². The predicted octanol–water partition coefficient (Wildman–Crippen LogP) is 5.05. The number of benzene rings is 2. The van der Waals surface area contributed by atoms with E-state index >= 15 is 0 Å². The number of hydrogen-bond donors (Lipinski definition) is 0. The zero-order chi connectivity index (χ0) is 19.2. The van der Waals surface area contributed by atoms with Crippen molar-refractivity contribution in [1.82, 2.24) is 9.88 Å². The van der Waals surface area contributed by atoms with Gasteiger partial charge in [-0.05, 0) is 49.1 Å². The summed E-state index contributed by atoms with van der Waals surface area (Å²) in [6.07, 6.45) is 5.12. The minimum Gasteiger partial charge on any atom is -0.339 e. The van der Waals surface area contributed by atoms with E-state index in [1.165, 1.54) is 12.0 Å². The maximum atomic E-state index is 12.7. The van der Waals surface area contributed by atoms with E-state index in [2.05, 4.69) is 34.1 Å². The fraction of sp³-hybridized carbons (Fsp3) is 0.250. The first-order valence-electron chi connectivity index (χ1n) is 9.93. The minimum absolute atomic E-state index is 0.0908. The molecular weight excluding hydrogens is 346 g/mol. The molecule has 0 saturated carbocycles. The molecule has 0 N–H and O–H groups in total. The number of hydrogen-bond acceptors (Lipinski definition) is 3. The van der Waals surface area contributed by atoms with Crippen molar-refractivity contribution in [1.29, 1.82) is 0 Å². The van der Waals surface area contributed by atoms with E-state index in [1.807, 2.05) is 53.4 Å². The molecule has 1 aliphatic heterocycles. The van der Waals surface area contributed by atoms with E-state index in [4.69, 9.17) is 0 Å². The van der Waals surface area contributed by atoms with Crippen molar-refractivity contribution in [3.63, 3.8) is 0 Å². The Kier molecular flexibility index (Phi) is 5.66. The third-order valence-electron chi connectivity index (χ3n) is 5.17. The SMILES string of the molecule is O=C(c1ccc(N(Cc2ccccc2)c2ccccc2)nc1)N1CCCCC1. The third kappa shape index (κ3) is 4.22. The summed E-state index contributed by atoms with van der Waals surface area (Å²) in [5.74, 6) is 0.929. The highest BCUT2D eigenvalue weighted by Gasteiger charge is 2.19. The lowest BCUT2D eigenvalue weighted by molar-refractivity contribution is 0.0724. The van der Waals surface area contributed by atoms with E-state index < -0.39 is 0 Å². The van der Waals surface area contributed by atoms with Crippen LogP contribution in [0.25, 0.3) is 0 Å². The normalized spacial score (nSPS) is 13.9. The van der Waals surface area contributed by atoms with Gasteiger partial charge < -0.3 is 9.80 Å². The summed E-state index contributed by atoms with van der Waals surface area (Å²) in [6, 6.07) is 24.4. The first-order chi connectivity index (χ1) is 13.8. The summed E-state index contributed by atoms with van der Waals surface area (Å²) in [5, 5.41) is 0. The molecule has 3 aromatic rings. The standard InChI is InChI=1S/C24H25N3O/c28-24(26-16-8-3-9-17-26)21-14-15-23(25-18-21)27(22-12-6-2-7-13-22)19-20-10-4-1-5-11-20/h1-2,4-7,10-15,18H,3,8-9,16-17,19H2. The zero-order valence-corrected chi connectivity index (χ0v) is 16.0. The molecule has 0 spiro atoms. The molecule has 0 bridgehead atoms. The van der Waals surface area contributed by atoms with Gasteiger partial charge in [-0.25, -0.2) is 4.98 Å². The Labute approximate surface area is 166 Å². The largest absolute Gasteiger partial charge is 0.339 e. The quantitative estimate of drug-likeness (QED) is 0.630. The molecule has 1 saturated heterocycles. The van der Waals surface area contributed by atoms with Crippen LogP contribution in [0.15, 0.2) is 79.0 Å². The Morgan fingerprint density at radius 1 is 0.857 bits per heavy atom. The molecule has 142 valence electrons. The highest BCUT2D eigenvalue weighted by Crippen LogP contribution is 2.26. The summed E-state index contributed by atoms with van der Waals surface area (Å²) >= 11 is 0. The van der Waals surface area contributed by atoms with E-state index in [9.17, 15) is 4.79 Å². The fourth-order valence-corrected chi connectivity index (χ4v) is 3.63. The molecule has 2 heterocycles. The van der Waals surface area contributed by atoms with Crippen molar-refractivity contribution >= 4 is 17.4 Å². The number of anilines is 2. The van der Waals surface area contributed by atoms with Crippen LogP contribution in [0.3, 0.4) is 0 Å². The molecule has 4 heteroatoms. The maximum Gasteiger partial charge on any atom is 0.255 e. The van der Waals surface area contributed by atoms with Gasteiger partial charge in [-0.1, -0.05) is 48.5 Å². The van der Waals surface area contributed by atoms with Gasteiger partial charge in [-0.3, -0.25) is 4.79 Å². The Morgan fingerprint density at radius 2 is 1.54 bits per heavy atom. The van der Waals surface area contributed by atoms with E-state index in [-0.39, 0.29) is 5.91 Å². The number of amides is 1. The second kappa shape index (κ2) is 8.70. The number of carbonyl (C=O) groups is 1. The van der Waals surface area contributed by atoms with Gasteiger partial charge >= 0.3 is 0 Å². The third-order valence-corrected chi connectivity index (χ3v) is 5.17. The van der Waals surface area contributed by atoms with Gasteiger partial charge in [0.15, 0.2) is 0 Å². The predicted molar refractivity (Wildman–Crippen MR) is 113 cm³/mol. The summed E-state index contributed by atoms with van der Waals surface area (Å²) in [6.45, 7) is 2.42. The van der Waals surface area contributed by atoms with Crippen LogP contribution in [0.1, 0.15) is 35.2 Å². The number of para-hydroxylation sites is 1. The van der Waals surface area contributed by atoms with Crippen LogP contribution in [0.2, 0.25) is 0 Å². The van der Waals surface area contributed by atoms with Gasteiger partial charge in [0.1, 0.15) is 5.82 Å². The van der Waals surface area contributed by atoms with Crippen molar-refractivity contribution in [3.05, 3.63) is 90.1 Å². The Hall–Kier alpha value is -3.14. The van der Waals surface area contributed by atoms with Crippen LogP contribution >= 0.6 is 0 Å². The molecule has 0 aliphatic carbocycles. The number of rotatable bonds is 5.